The molecule has 5 fully saturated rings. The monoisotopic (exact) mass is 670 g/mol. The lowest BCUT2D eigenvalue weighted by Crippen LogP contribution is -2.51. The van der Waals surface area contributed by atoms with Gasteiger partial charge in [0.05, 0.1) is 6.54 Å². The van der Waals surface area contributed by atoms with Gasteiger partial charge >= 0.3 is 0 Å². The summed E-state index contributed by atoms with van der Waals surface area (Å²) >= 11 is 0. The molecule has 2 saturated carbocycles. The minimum atomic E-state index is 0.0510. The van der Waals surface area contributed by atoms with Crippen LogP contribution in [-0.4, -0.2) is 135 Å². The topological polar surface area (TPSA) is 79.4 Å². The van der Waals surface area contributed by atoms with Gasteiger partial charge in [0.15, 0.2) is 5.78 Å². The molecule has 3 aliphatic heterocycles. The molecule has 7 aliphatic rings. The molecule has 10 heteroatoms. The minimum absolute atomic E-state index is 0.0510. The summed E-state index contributed by atoms with van der Waals surface area (Å²) in [5.74, 6) is 4.99. The van der Waals surface area contributed by atoms with Gasteiger partial charge in [0.25, 0.3) is 0 Å². The van der Waals surface area contributed by atoms with E-state index in [0.717, 1.165) is 135 Å². The summed E-state index contributed by atoms with van der Waals surface area (Å²) in [4.78, 5) is 51.0. The highest BCUT2D eigenvalue weighted by Crippen LogP contribution is 2.64. The average molecular weight is 671 g/mol. The molecule has 5 atom stereocenters. The fraction of sp³-hybridized carbons (Fsp3) is 0.744. The lowest BCUT2D eigenvalue weighted by Gasteiger charge is -2.53. The van der Waals surface area contributed by atoms with Crippen LogP contribution in [0, 0.1) is 28.6 Å². The lowest BCUT2D eigenvalue weighted by molar-refractivity contribution is -0.128. The summed E-state index contributed by atoms with van der Waals surface area (Å²) in [5, 5.41) is 0. The molecule has 0 unspecified atom stereocenters. The van der Waals surface area contributed by atoms with Crippen LogP contribution in [0.4, 0.5) is 17.6 Å². The van der Waals surface area contributed by atoms with Crippen molar-refractivity contribution in [3.8, 4) is 0 Å². The van der Waals surface area contributed by atoms with Gasteiger partial charge in [0.2, 0.25) is 5.95 Å². The number of rotatable bonds is 6. The summed E-state index contributed by atoms with van der Waals surface area (Å²) in [6.45, 7) is 17.0. The summed E-state index contributed by atoms with van der Waals surface area (Å²) in [6.07, 6.45) is 11.5. The highest BCUT2D eigenvalue weighted by Gasteiger charge is 2.57. The van der Waals surface area contributed by atoms with E-state index in [2.05, 4.69) is 69.5 Å². The number of carbonyl (C=O) groups is 2. The highest BCUT2D eigenvalue weighted by molar-refractivity contribution is 5.92. The Morgan fingerprint density at radius 3 is 2.06 bits per heavy atom. The molecule has 3 saturated heterocycles. The summed E-state index contributed by atoms with van der Waals surface area (Å²) < 4.78 is 0. The predicted molar refractivity (Wildman–Crippen MR) is 195 cm³/mol. The maximum Gasteiger partial charge on any atom is 0.229 e. The molecule has 1 aromatic rings. The maximum absolute atomic E-state index is 14.1. The smallest absolute Gasteiger partial charge is 0.229 e. The second kappa shape index (κ2) is 13.1. The molecule has 1 aromatic heterocycles. The van der Waals surface area contributed by atoms with Crippen LogP contribution in [0.25, 0.3) is 0 Å². The Hall–Kier alpha value is -2.82. The van der Waals surface area contributed by atoms with E-state index in [4.69, 9.17) is 9.97 Å². The SMILES string of the molecule is CN1CCN(c2cc(N3CCN(CC(=O)[C@H]4CC[C@H]5[C@@H]6CCC7=CC(=O)CC[C@]7(C)C6=CC[C@]45C)CC3)nc(N3CCN(C)CC3)n2)CC1. The van der Waals surface area contributed by atoms with E-state index in [1.54, 1.807) is 5.57 Å². The average Bonchev–Trinajstić information content (AvgIpc) is 3.47. The fourth-order valence-corrected chi connectivity index (χ4v) is 10.8. The van der Waals surface area contributed by atoms with Crippen LogP contribution in [0.1, 0.15) is 58.8 Å². The van der Waals surface area contributed by atoms with Gasteiger partial charge in [-0.25, -0.2) is 0 Å². The van der Waals surface area contributed by atoms with Gasteiger partial charge in [-0.15, -0.1) is 0 Å². The third kappa shape index (κ3) is 6.13. The first-order chi connectivity index (χ1) is 23.6. The Bertz CT molecular complexity index is 1460. The van der Waals surface area contributed by atoms with Crippen LogP contribution in [0.15, 0.2) is 29.4 Å². The summed E-state index contributed by atoms with van der Waals surface area (Å²) in [6, 6.07) is 2.21. The van der Waals surface area contributed by atoms with Crippen molar-refractivity contribution in [1.29, 1.82) is 0 Å². The van der Waals surface area contributed by atoms with Crippen LogP contribution < -0.4 is 14.7 Å². The number of aromatic nitrogens is 2. The molecule has 0 spiro atoms. The van der Waals surface area contributed by atoms with Crippen molar-refractivity contribution in [1.82, 2.24) is 24.7 Å². The van der Waals surface area contributed by atoms with Crippen LogP contribution >= 0.6 is 0 Å². The number of hydrogen-bond acceptors (Lipinski definition) is 10. The van der Waals surface area contributed by atoms with Gasteiger partial charge in [-0.05, 0) is 75.9 Å². The Kier molecular flexibility index (Phi) is 8.88. The molecule has 0 aromatic carbocycles. The number of hydrogen-bond donors (Lipinski definition) is 0. The molecule has 0 bridgehead atoms. The zero-order valence-corrected chi connectivity index (χ0v) is 30.5. The van der Waals surface area contributed by atoms with Gasteiger partial charge < -0.3 is 24.5 Å². The van der Waals surface area contributed by atoms with Gasteiger partial charge in [-0.3, -0.25) is 14.5 Å². The molecular formula is C39H58N8O2. The third-order valence-electron chi connectivity index (χ3n) is 14.1. The van der Waals surface area contributed by atoms with Crippen LogP contribution in [0.2, 0.25) is 0 Å². The molecule has 10 nitrogen and oxygen atoms in total. The number of ketones is 2. The third-order valence-corrected chi connectivity index (χ3v) is 14.1. The molecule has 0 radical (unpaired) electrons. The molecule has 266 valence electrons. The van der Waals surface area contributed by atoms with E-state index >= 15 is 0 Å². The van der Waals surface area contributed by atoms with E-state index < -0.39 is 0 Å². The number of carbonyl (C=O) groups excluding carboxylic acids is 2. The van der Waals surface area contributed by atoms with E-state index in [0.29, 0.717) is 36.4 Å². The molecule has 4 heterocycles. The fourth-order valence-electron chi connectivity index (χ4n) is 10.8. The highest BCUT2D eigenvalue weighted by atomic mass is 16.1. The minimum Gasteiger partial charge on any atom is -0.354 e. The quantitative estimate of drug-likeness (QED) is 0.418. The van der Waals surface area contributed by atoms with E-state index in [1.807, 2.05) is 6.08 Å². The molecule has 0 amide bonds. The Morgan fingerprint density at radius 2 is 1.41 bits per heavy atom. The van der Waals surface area contributed by atoms with Crippen LogP contribution in [-0.2, 0) is 9.59 Å². The van der Waals surface area contributed by atoms with Gasteiger partial charge in [0.1, 0.15) is 17.4 Å². The van der Waals surface area contributed by atoms with Gasteiger partial charge in [-0.2, -0.15) is 9.97 Å². The van der Waals surface area contributed by atoms with Crippen LogP contribution in [0.3, 0.4) is 0 Å². The van der Waals surface area contributed by atoms with Gasteiger partial charge in [-0.1, -0.05) is 31.1 Å². The first-order valence-corrected chi connectivity index (χ1v) is 19.3. The number of anilines is 3. The Balaban J connectivity index is 0.927. The first kappa shape index (κ1) is 33.3. The molecule has 4 aliphatic carbocycles. The predicted octanol–water partition coefficient (Wildman–Crippen LogP) is 3.74. The second-order valence-electron chi connectivity index (χ2n) is 16.9. The largest absolute Gasteiger partial charge is 0.354 e. The summed E-state index contributed by atoms with van der Waals surface area (Å²) in [5.41, 5.74) is 3.07. The first-order valence-electron chi connectivity index (χ1n) is 19.3. The number of likely N-dealkylation sites (N-methyl/N-ethyl adjacent to an activating group) is 2. The van der Waals surface area contributed by atoms with E-state index in [-0.39, 0.29) is 16.7 Å². The van der Waals surface area contributed by atoms with E-state index in [1.165, 1.54) is 5.57 Å². The lowest BCUT2D eigenvalue weighted by atomic mass is 9.51. The van der Waals surface area contributed by atoms with Gasteiger partial charge in [0, 0.05) is 102 Å². The number of allylic oxidation sites excluding steroid dienone is 4. The van der Waals surface area contributed by atoms with Crippen molar-refractivity contribution in [3.63, 3.8) is 0 Å². The van der Waals surface area contributed by atoms with Crippen LogP contribution in [0.5, 0.6) is 0 Å². The second-order valence-corrected chi connectivity index (χ2v) is 16.9. The van der Waals surface area contributed by atoms with E-state index in [9.17, 15) is 9.59 Å². The van der Waals surface area contributed by atoms with Crippen molar-refractivity contribution in [2.45, 2.75) is 58.8 Å². The number of nitrogens with zero attached hydrogens (tertiary/aromatic N) is 8. The Morgan fingerprint density at radius 1 is 0.796 bits per heavy atom. The molecular weight excluding hydrogens is 612 g/mol. The van der Waals surface area contributed by atoms with Crippen molar-refractivity contribution in [2.75, 3.05) is 114 Å². The zero-order chi connectivity index (χ0) is 33.9. The van der Waals surface area contributed by atoms with Crippen molar-refractivity contribution >= 4 is 29.2 Å². The standard InChI is InChI=1S/C39H58N8O2/c1-38-11-9-29(48)25-28(38)5-6-30-31-7-8-33(39(31,2)12-10-32(30)38)34(49)27-44-17-23-46(24-18-44)36-26-35(45-19-13-42(3)14-20-45)40-37(41-36)47-21-15-43(4)16-22-47/h10,25-26,30-31,33H,5-9,11-24,27H2,1-4H3/t30-,31-,33+,38-,39-/m0/s1. The Labute approximate surface area is 293 Å². The number of Topliss-reactive ketones (excluding diaryl/α,β-unsaturated/α-hetero) is 1. The molecule has 0 N–H and O–H groups in total. The molecule has 8 rings (SSSR count). The summed E-state index contributed by atoms with van der Waals surface area (Å²) in [7, 11) is 4.38. The number of piperazine rings is 3. The maximum atomic E-state index is 14.1. The zero-order valence-electron chi connectivity index (χ0n) is 30.5. The van der Waals surface area contributed by atoms with Crippen molar-refractivity contribution < 1.29 is 9.59 Å². The van der Waals surface area contributed by atoms with Crippen molar-refractivity contribution in [3.05, 3.63) is 29.4 Å². The van der Waals surface area contributed by atoms with Crippen molar-refractivity contribution in [2.24, 2.45) is 28.6 Å². The normalized spacial score (nSPS) is 34.7. The molecule has 49 heavy (non-hydrogen) atoms. The number of fused-ring (bicyclic) bond motifs is 5.